The number of aryl methyl sites for hydroxylation is 1. The van der Waals surface area contributed by atoms with Crippen LogP contribution in [0.4, 0.5) is 4.39 Å². The van der Waals surface area contributed by atoms with Crippen LogP contribution in [0.1, 0.15) is 5.56 Å². The smallest absolute Gasteiger partial charge is 0.126 e. The molecular formula is C11H8ClFN2. The number of benzene rings is 1. The maximum absolute atomic E-state index is 13.0. The summed E-state index contributed by atoms with van der Waals surface area (Å²) in [6.45, 7) is 1.70. The summed E-state index contributed by atoms with van der Waals surface area (Å²) >= 11 is 5.93. The van der Waals surface area contributed by atoms with Crippen molar-refractivity contribution in [3.63, 3.8) is 0 Å². The molecule has 4 heteroatoms. The van der Waals surface area contributed by atoms with Gasteiger partial charge >= 0.3 is 0 Å². The first-order chi connectivity index (χ1) is 7.18. The zero-order valence-corrected chi connectivity index (χ0v) is 8.79. The third kappa shape index (κ3) is 1.97. The summed E-state index contributed by atoms with van der Waals surface area (Å²) < 4.78 is 13.0. The van der Waals surface area contributed by atoms with Gasteiger partial charge in [0, 0.05) is 11.8 Å². The van der Waals surface area contributed by atoms with Crippen LogP contribution in [0.3, 0.4) is 0 Å². The van der Waals surface area contributed by atoms with Crippen LogP contribution in [0.2, 0.25) is 5.02 Å². The van der Waals surface area contributed by atoms with Crippen LogP contribution in [-0.2, 0) is 0 Å². The molecule has 0 aliphatic rings. The van der Waals surface area contributed by atoms with E-state index in [9.17, 15) is 4.39 Å². The third-order valence-corrected chi connectivity index (χ3v) is 2.38. The minimum Gasteiger partial charge on any atom is -0.243 e. The van der Waals surface area contributed by atoms with E-state index in [1.54, 1.807) is 19.1 Å². The van der Waals surface area contributed by atoms with Crippen LogP contribution in [0.25, 0.3) is 11.3 Å². The first-order valence-electron chi connectivity index (χ1n) is 4.40. The maximum Gasteiger partial charge on any atom is 0.126 e. The molecule has 0 saturated heterocycles. The lowest BCUT2D eigenvalue weighted by Crippen LogP contribution is -1.89. The largest absolute Gasteiger partial charge is 0.243 e. The normalized spacial score (nSPS) is 10.3. The Morgan fingerprint density at radius 1 is 1.33 bits per heavy atom. The lowest BCUT2D eigenvalue weighted by atomic mass is 10.1. The molecule has 0 radical (unpaired) electrons. The summed E-state index contributed by atoms with van der Waals surface area (Å²) in [5, 5.41) is 0.462. The molecule has 0 saturated carbocycles. The van der Waals surface area contributed by atoms with E-state index in [4.69, 9.17) is 11.6 Å². The van der Waals surface area contributed by atoms with Gasteiger partial charge in [-0.05, 0) is 30.7 Å². The summed E-state index contributed by atoms with van der Waals surface area (Å²) in [7, 11) is 0. The lowest BCUT2D eigenvalue weighted by Gasteiger charge is -2.04. The Kier molecular flexibility index (Phi) is 2.64. The van der Waals surface area contributed by atoms with Gasteiger partial charge in [0.25, 0.3) is 0 Å². The Bertz CT molecular complexity index is 500. The number of halogens is 2. The van der Waals surface area contributed by atoms with E-state index in [1.165, 1.54) is 18.6 Å². The molecule has 0 fully saturated rings. The van der Waals surface area contributed by atoms with Crippen molar-refractivity contribution in [3.05, 3.63) is 47.1 Å². The lowest BCUT2D eigenvalue weighted by molar-refractivity contribution is 0.619. The van der Waals surface area contributed by atoms with Crippen LogP contribution in [0, 0.1) is 12.7 Å². The SMILES string of the molecule is Cc1cc(-c2ncncc2Cl)ccc1F. The molecule has 0 aliphatic heterocycles. The number of rotatable bonds is 1. The number of hydrogen-bond donors (Lipinski definition) is 0. The van der Waals surface area contributed by atoms with Gasteiger partial charge < -0.3 is 0 Å². The summed E-state index contributed by atoms with van der Waals surface area (Å²) in [6, 6.07) is 4.77. The van der Waals surface area contributed by atoms with Crippen molar-refractivity contribution >= 4 is 11.6 Å². The van der Waals surface area contributed by atoms with Crippen molar-refractivity contribution in [2.24, 2.45) is 0 Å². The minimum atomic E-state index is -0.232. The quantitative estimate of drug-likeness (QED) is 0.740. The minimum absolute atomic E-state index is 0.232. The molecule has 2 nitrogen and oxygen atoms in total. The zero-order chi connectivity index (χ0) is 10.8. The second kappa shape index (κ2) is 3.95. The molecule has 15 heavy (non-hydrogen) atoms. The molecule has 0 aliphatic carbocycles. The van der Waals surface area contributed by atoms with Gasteiger partial charge in [0.2, 0.25) is 0 Å². The van der Waals surface area contributed by atoms with Crippen LogP contribution in [-0.4, -0.2) is 9.97 Å². The second-order valence-electron chi connectivity index (χ2n) is 3.18. The van der Waals surface area contributed by atoms with Crippen LogP contribution in [0.5, 0.6) is 0 Å². The van der Waals surface area contributed by atoms with Crippen LogP contribution < -0.4 is 0 Å². The van der Waals surface area contributed by atoms with E-state index in [1.807, 2.05) is 0 Å². The van der Waals surface area contributed by atoms with Crippen LogP contribution >= 0.6 is 11.6 Å². The molecule has 0 unspecified atom stereocenters. The Labute approximate surface area is 91.8 Å². The van der Waals surface area contributed by atoms with Gasteiger partial charge in [-0.2, -0.15) is 0 Å². The molecule has 1 heterocycles. The molecule has 1 aromatic heterocycles. The number of nitrogens with zero attached hydrogens (tertiary/aromatic N) is 2. The van der Waals surface area contributed by atoms with Crippen molar-refractivity contribution in [1.82, 2.24) is 9.97 Å². The Hall–Kier alpha value is -1.48. The average molecular weight is 223 g/mol. The fourth-order valence-electron chi connectivity index (χ4n) is 1.32. The Balaban J connectivity index is 2.55. The van der Waals surface area contributed by atoms with Crippen molar-refractivity contribution in [2.45, 2.75) is 6.92 Å². The monoisotopic (exact) mass is 222 g/mol. The molecule has 2 rings (SSSR count). The highest BCUT2D eigenvalue weighted by Crippen LogP contribution is 2.25. The topological polar surface area (TPSA) is 25.8 Å². The highest BCUT2D eigenvalue weighted by molar-refractivity contribution is 6.32. The molecule has 76 valence electrons. The first kappa shape index (κ1) is 10.1. The molecular weight excluding hydrogens is 215 g/mol. The van der Waals surface area contributed by atoms with Gasteiger partial charge in [-0.1, -0.05) is 11.6 Å². The van der Waals surface area contributed by atoms with Crippen molar-refractivity contribution in [3.8, 4) is 11.3 Å². The highest BCUT2D eigenvalue weighted by atomic mass is 35.5. The zero-order valence-electron chi connectivity index (χ0n) is 8.04. The summed E-state index contributed by atoms with van der Waals surface area (Å²) in [5.41, 5.74) is 1.98. The molecule has 0 amide bonds. The standard InChI is InChI=1S/C11H8ClFN2/c1-7-4-8(2-3-10(7)13)11-9(12)5-14-6-15-11/h2-6H,1H3. The second-order valence-corrected chi connectivity index (χ2v) is 3.59. The van der Waals surface area contributed by atoms with Crippen molar-refractivity contribution in [2.75, 3.05) is 0 Å². The number of hydrogen-bond acceptors (Lipinski definition) is 2. The van der Waals surface area contributed by atoms with Gasteiger partial charge in [-0.3, -0.25) is 0 Å². The first-order valence-corrected chi connectivity index (χ1v) is 4.78. The summed E-state index contributed by atoms with van der Waals surface area (Å²) in [6.07, 6.45) is 2.93. The van der Waals surface area contributed by atoms with Gasteiger partial charge in [0.1, 0.15) is 12.1 Å². The van der Waals surface area contributed by atoms with Crippen LogP contribution in [0.15, 0.2) is 30.7 Å². The maximum atomic E-state index is 13.0. The Morgan fingerprint density at radius 2 is 2.13 bits per heavy atom. The predicted octanol–water partition coefficient (Wildman–Crippen LogP) is 3.24. The average Bonchev–Trinajstić information content (AvgIpc) is 2.23. The Morgan fingerprint density at radius 3 is 2.80 bits per heavy atom. The summed E-state index contributed by atoms with van der Waals surface area (Å²) in [4.78, 5) is 7.85. The fraction of sp³-hybridized carbons (Fsp3) is 0.0909. The van der Waals surface area contributed by atoms with E-state index < -0.39 is 0 Å². The molecule has 0 atom stereocenters. The third-order valence-electron chi connectivity index (χ3n) is 2.10. The van der Waals surface area contributed by atoms with E-state index in [2.05, 4.69) is 9.97 Å². The van der Waals surface area contributed by atoms with Gasteiger partial charge in [0.05, 0.1) is 10.7 Å². The van der Waals surface area contributed by atoms with E-state index >= 15 is 0 Å². The van der Waals surface area contributed by atoms with Crippen molar-refractivity contribution < 1.29 is 4.39 Å². The predicted molar refractivity (Wildman–Crippen MR) is 57.2 cm³/mol. The molecule has 1 aromatic carbocycles. The van der Waals surface area contributed by atoms with E-state index in [0.29, 0.717) is 16.3 Å². The summed E-state index contributed by atoms with van der Waals surface area (Å²) in [5.74, 6) is -0.232. The van der Waals surface area contributed by atoms with E-state index in [0.717, 1.165) is 5.56 Å². The fourth-order valence-corrected chi connectivity index (χ4v) is 1.53. The van der Waals surface area contributed by atoms with Gasteiger partial charge in [0.15, 0.2) is 0 Å². The van der Waals surface area contributed by atoms with Gasteiger partial charge in [-0.25, -0.2) is 14.4 Å². The molecule has 0 spiro atoms. The highest BCUT2D eigenvalue weighted by Gasteiger charge is 2.06. The van der Waals surface area contributed by atoms with Crippen molar-refractivity contribution in [1.29, 1.82) is 0 Å². The number of aromatic nitrogens is 2. The molecule has 0 N–H and O–H groups in total. The molecule has 0 bridgehead atoms. The van der Waals surface area contributed by atoms with Gasteiger partial charge in [-0.15, -0.1) is 0 Å². The van der Waals surface area contributed by atoms with E-state index in [-0.39, 0.29) is 5.82 Å². The molecule has 2 aromatic rings.